The maximum absolute atomic E-state index is 12.2. The van der Waals surface area contributed by atoms with Crippen LogP contribution in [0.15, 0.2) is 57.9 Å². The number of halogens is 1. The van der Waals surface area contributed by atoms with Crippen molar-refractivity contribution in [3.05, 3.63) is 58.6 Å². The molecule has 2 aromatic rings. The molecule has 4 nitrogen and oxygen atoms in total. The summed E-state index contributed by atoms with van der Waals surface area (Å²) >= 11 is 3.22. The Kier molecular flexibility index (Phi) is 4.80. The van der Waals surface area contributed by atoms with Gasteiger partial charge in [0.1, 0.15) is 5.75 Å². The van der Waals surface area contributed by atoms with E-state index in [0.717, 1.165) is 5.56 Å². The first-order valence-corrected chi connectivity index (χ1v) is 8.66. The van der Waals surface area contributed by atoms with E-state index in [0.29, 0.717) is 10.2 Å². The van der Waals surface area contributed by atoms with Gasteiger partial charge in [-0.25, -0.2) is 8.42 Å². The SMILES string of the molecule is Cc1ccc(NC(=O)CS(=O)(=O)c2cccc(Br)c2)cc1. The lowest BCUT2D eigenvalue weighted by Crippen LogP contribution is -2.23. The molecule has 110 valence electrons. The standard InChI is InChI=1S/C15H14BrNO3S/c1-11-5-7-13(8-6-11)17-15(18)10-21(19,20)14-4-2-3-12(16)9-14/h2-9H,10H2,1H3,(H,17,18). The number of amides is 1. The second-order valence-electron chi connectivity index (χ2n) is 4.63. The lowest BCUT2D eigenvalue weighted by molar-refractivity contribution is -0.113. The van der Waals surface area contributed by atoms with Crippen molar-refractivity contribution >= 4 is 37.4 Å². The highest BCUT2D eigenvalue weighted by molar-refractivity contribution is 9.10. The molecule has 0 saturated carbocycles. The second-order valence-corrected chi connectivity index (χ2v) is 7.54. The summed E-state index contributed by atoms with van der Waals surface area (Å²) in [7, 11) is -3.65. The first-order chi connectivity index (χ1) is 9.87. The molecule has 0 aliphatic heterocycles. The summed E-state index contributed by atoms with van der Waals surface area (Å²) in [6.45, 7) is 1.93. The fourth-order valence-electron chi connectivity index (χ4n) is 1.75. The Morgan fingerprint density at radius 2 is 1.81 bits per heavy atom. The van der Waals surface area contributed by atoms with Crippen LogP contribution >= 0.6 is 15.9 Å². The fourth-order valence-corrected chi connectivity index (χ4v) is 3.48. The van der Waals surface area contributed by atoms with Crippen LogP contribution in [-0.4, -0.2) is 20.1 Å². The van der Waals surface area contributed by atoms with E-state index in [9.17, 15) is 13.2 Å². The number of aryl methyl sites for hydroxylation is 1. The Bertz CT molecular complexity index is 755. The Hall–Kier alpha value is -1.66. The molecule has 21 heavy (non-hydrogen) atoms. The zero-order valence-electron chi connectivity index (χ0n) is 11.3. The lowest BCUT2D eigenvalue weighted by Gasteiger charge is -2.07. The third kappa shape index (κ3) is 4.41. The molecule has 0 aliphatic rings. The van der Waals surface area contributed by atoms with Crippen LogP contribution in [0.1, 0.15) is 5.56 Å². The van der Waals surface area contributed by atoms with Crippen LogP contribution in [-0.2, 0) is 14.6 Å². The third-order valence-electron chi connectivity index (χ3n) is 2.81. The van der Waals surface area contributed by atoms with E-state index in [-0.39, 0.29) is 4.90 Å². The Morgan fingerprint density at radius 1 is 1.14 bits per heavy atom. The van der Waals surface area contributed by atoms with Crippen LogP contribution in [0.3, 0.4) is 0 Å². The normalized spacial score (nSPS) is 11.1. The van der Waals surface area contributed by atoms with Crippen LogP contribution < -0.4 is 5.32 Å². The molecule has 0 atom stereocenters. The van der Waals surface area contributed by atoms with Gasteiger partial charge in [-0.1, -0.05) is 39.7 Å². The van der Waals surface area contributed by atoms with Gasteiger partial charge in [0.2, 0.25) is 5.91 Å². The van der Waals surface area contributed by atoms with Gasteiger partial charge in [-0.3, -0.25) is 4.79 Å². The number of benzene rings is 2. The van der Waals surface area contributed by atoms with Gasteiger partial charge in [0.25, 0.3) is 0 Å². The minimum atomic E-state index is -3.65. The van der Waals surface area contributed by atoms with Gasteiger partial charge in [0.15, 0.2) is 9.84 Å². The van der Waals surface area contributed by atoms with Gasteiger partial charge >= 0.3 is 0 Å². The van der Waals surface area contributed by atoms with Crippen molar-refractivity contribution in [3.8, 4) is 0 Å². The van der Waals surface area contributed by atoms with Crippen LogP contribution in [0.25, 0.3) is 0 Å². The molecule has 6 heteroatoms. The predicted molar refractivity (Wildman–Crippen MR) is 86.0 cm³/mol. The first-order valence-electron chi connectivity index (χ1n) is 6.22. The highest BCUT2D eigenvalue weighted by Crippen LogP contribution is 2.17. The number of nitrogens with one attached hydrogen (secondary N) is 1. The molecule has 0 fully saturated rings. The van der Waals surface area contributed by atoms with E-state index in [1.807, 2.05) is 19.1 Å². The quantitative estimate of drug-likeness (QED) is 0.902. The minimum absolute atomic E-state index is 0.121. The number of sulfone groups is 1. The van der Waals surface area contributed by atoms with Crippen LogP contribution in [0.4, 0.5) is 5.69 Å². The zero-order chi connectivity index (χ0) is 15.5. The zero-order valence-corrected chi connectivity index (χ0v) is 13.7. The lowest BCUT2D eigenvalue weighted by atomic mass is 10.2. The highest BCUT2D eigenvalue weighted by atomic mass is 79.9. The Morgan fingerprint density at radius 3 is 2.43 bits per heavy atom. The highest BCUT2D eigenvalue weighted by Gasteiger charge is 2.19. The van der Waals surface area contributed by atoms with E-state index >= 15 is 0 Å². The third-order valence-corrected chi connectivity index (χ3v) is 4.92. The van der Waals surface area contributed by atoms with Gasteiger partial charge < -0.3 is 5.32 Å². The Balaban J connectivity index is 2.09. The van der Waals surface area contributed by atoms with Crippen LogP contribution in [0.2, 0.25) is 0 Å². The topological polar surface area (TPSA) is 63.2 Å². The summed E-state index contributed by atoms with van der Waals surface area (Å²) in [5.41, 5.74) is 1.64. The molecule has 0 bridgehead atoms. The molecule has 1 N–H and O–H groups in total. The van der Waals surface area contributed by atoms with E-state index in [1.54, 1.807) is 24.3 Å². The van der Waals surface area contributed by atoms with Gasteiger partial charge in [-0.05, 0) is 37.3 Å². The minimum Gasteiger partial charge on any atom is -0.325 e. The molecule has 0 unspecified atom stereocenters. The van der Waals surface area contributed by atoms with Crippen molar-refractivity contribution in [2.45, 2.75) is 11.8 Å². The number of hydrogen-bond acceptors (Lipinski definition) is 3. The number of anilines is 1. The van der Waals surface area contributed by atoms with Gasteiger partial charge in [0.05, 0.1) is 4.90 Å². The average Bonchev–Trinajstić information content (AvgIpc) is 2.41. The molecule has 0 saturated heterocycles. The second kappa shape index (κ2) is 6.41. The molecule has 0 radical (unpaired) electrons. The molecule has 2 rings (SSSR count). The van der Waals surface area contributed by atoms with Gasteiger partial charge in [-0.2, -0.15) is 0 Å². The predicted octanol–water partition coefficient (Wildman–Crippen LogP) is 3.17. The van der Waals surface area contributed by atoms with Crippen molar-refractivity contribution in [2.24, 2.45) is 0 Å². The largest absolute Gasteiger partial charge is 0.325 e. The molecular formula is C15H14BrNO3S. The van der Waals surface area contributed by atoms with Crippen molar-refractivity contribution in [1.82, 2.24) is 0 Å². The molecule has 0 heterocycles. The number of hydrogen-bond donors (Lipinski definition) is 1. The molecule has 1 amide bonds. The van der Waals surface area contributed by atoms with E-state index < -0.39 is 21.5 Å². The maximum Gasteiger partial charge on any atom is 0.239 e. The summed E-state index contributed by atoms with van der Waals surface area (Å²) in [5, 5.41) is 2.58. The van der Waals surface area contributed by atoms with Crippen LogP contribution in [0, 0.1) is 6.92 Å². The van der Waals surface area contributed by atoms with Crippen molar-refractivity contribution in [3.63, 3.8) is 0 Å². The number of carbonyl (C=O) groups is 1. The summed E-state index contributed by atoms with van der Waals surface area (Å²) in [6, 6.07) is 13.5. The maximum atomic E-state index is 12.2. The van der Waals surface area contributed by atoms with Gasteiger partial charge in [0, 0.05) is 10.2 Å². The van der Waals surface area contributed by atoms with E-state index in [4.69, 9.17) is 0 Å². The van der Waals surface area contributed by atoms with Crippen LogP contribution in [0.5, 0.6) is 0 Å². The summed E-state index contributed by atoms with van der Waals surface area (Å²) in [6.07, 6.45) is 0. The summed E-state index contributed by atoms with van der Waals surface area (Å²) in [4.78, 5) is 12.0. The monoisotopic (exact) mass is 367 g/mol. The summed E-state index contributed by atoms with van der Waals surface area (Å²) < 4.78 is 25.0. The van der Waals surface area contributed by atoms with E-state index in [2.05, 4.69) is 21.2 Å². The van der Waals surface area contributed by atoms with Crippen molar-refractivity contribution in [1.29, 1.82) is 0 Å². The average molecular weight is 368 g/mol. The van der Waals surface area contributed by atoms with Gasteiger partial charge in [-0.15, -0.1) is 0 Å². The van der Waals surface area contributed by atoms with E-state index in [1.165, 1.54) is 12.1 Å². The number of carbonyl (C=O) groups excluding carboxylic acids is 1. The molecular weight excluding hydrogens is 354 g/mol. The Labute approximate surface area is 132 Å². The molecule has 0 spiro atoms. The van der Waals surface area contributed by atoms with Crippen molar-refractivity contribution in [2.75, 3.05) is 11.1 Å². The van der Waals surface area contributed by atoms with Crippen molar-refractivity contribution < 1.29 is 13.2 Å². The molecule has 2 aromatic carbocycles. The smallest absolute Gasteiger partial charge is 0.239 e. The first kappa shape index (κ1) is 15.7. The summed E-state index contributed by atoms with van der Waals surface area (Å²) in [5.74, 6) is -1.14. The fraction of sp³-hybridized carbons (Fsp3) is 0.133. The molecule has 0 aliphatic carbocycles. The number of rotatable bonds is 4. The molecule has 0 aromatic heterocycles.